The van der Waals surface area contributed by atoms with Crippen molar-refractivity contribution >= 4 is 22.9 Å². The van der Waals surface area contributed by atoms with Gasteiger partial charge in [-0.05, 0) is 56.4 Å². The summed E-state index contributed by atoms with van der Waals surface area (Å²) in [5, 5.41) is 1.03. The normalized spacial score (nSPS) is 13.6. The first kappa shape index (κ1) is 17.3. The fourth-order valence-electron chi connectivity index (χ4n) is 2.98. The Morgan fingerprint density at radius 2 is 2.04 bits per heavy atom. The van der Waals surface area contributed by atoms with E-state index in [9.17, 15) is 9.59 Å². The van der Waals surface area contributed by atoms with Crippen molar-refractivity contribution in [1.82, 2.24) is 14.9 Å². The van der Waals surface area contributed by atoms with Gasteiger partial charge < -0.3 is 9.64 Å². The number of rotatable bonds is 8. The molecule has 0 N–H and O–H groups in total. The summed E-state index contributed by atoms with van der Waals surface area (Å²) in [5.74, 6) is -0.291. The van der Waals surface area contributed by atoms with Crippen LogP contribution in [0.1, 0.15) is 38.2 Å². The number of aromatic nitrogens is 2. The summed E-state index contributed by atoms with van der Waals surface area (Å²) in [6.07, 6.45) is 7.39. The summed E-state index contributed by atoms with van der Waals surface area (Å²) in [6.45, 7) is 2.18. The van der Waals surface area contributed by atoms with Gasteiger partial charge in [-0.1, -0.05) is 0 Å². The fourth-order valence-corrected chi connectivity index (χ4v) is 2.98. The highest BCUT2D eigenvalue weighted by Gasteiger charge is 2.33. The number of nitrogens with zero attached hydrogens (tertiary/aromatic N) is 3. The van der Waals surface area contributed by atoms with Crippen molar-refractivity contribution < 1.29 is 14.3 Å². The van der Waals surface area contributed by atoms with E-state index in [1.165, 1.54) is 0 Å². The van der Waals surface area contributed by atoms with Crippen LogP contribution >= 0.6 is 0 Å². The molecule has 132 valence electrons. The van der Waals surface area contributed by atoms with Gasteiger partial charge in [0.25, 0.3) is 0 Å². The second-order valence-electron chi connectivity index (χ2n) is 6.26. The van der Waals surface area contributed by atoms with Crippen LogP contribution in [0.4, 0.5) is 0 Å². The maximum atomic E-state index is 12.5. The zero-order chi connectivity index (χ0) is 17.6. The zero-order valence-electron chi connectivity index (χ0n) is 14.5. The Kier molecular flexibility index (Phi) is 5.58. The van der Waals surface area contributed by atoms with Gasteiger partial charge in [-0.15, -0.1) is 0 Å². The highest BCUT2D eigenvalue weighted by Crippen LogP contribution is 2.27. The largest absolute Gasteiger partial charge is 0.465 e. The lowest BCUT2D eigenvalue weighted by molar-refractivity contribution is -0.149. The van der Waals surface area contributed by atoms with Gasteiger partial charge in [0.15, 0.2) is 5.65 Å². The number of esters is 1. The molecule has 1 saturated carbocycles. The van der Waals surface area contributed by atoms with E-state index in [1.54, 1.807) is 24.2 Å². The molecule has 2 heterocycles. The standard InChI is InChI=1S/C19H23N3O3/c1-2-25-18(24)13-22(15-8-9-15)17(23)7-3-5-14-10-12-21-19-16(14)6-4-11-20-19/h4,6,10-12,15H,2-3,5,7-9,13H2,1H3. The highest BCUT2D eigenvalue weighted by molar-refractivity contribution is 5.83. The molecule has 1 fully saturated rings. The Hall–Kier alpha value is -2.50. The molecule has 1 aliphatic carbocycles. The van der Waals surface area contributed by atoms with Gasteiger partial charge in [0.1, 0.15) is 6.54 Å². The van der Waals surface area contributed by atoms with Crippen LogP contribution in [-0.4, -0.2) is 45.9 Å². The molecule has 0 spiro atoms. The lowest BCUT2D eigenvalue weighted by Gasteiger charge is -2.21. The molecule has 0 radical (unpaired) electrons. The minimum Gasteiger partial charge on any atom is -0.465 e. The van der Waals surface area contributed by atoms with Crippen LogP contribution in [0.15, 0.2) is 30.6 Å². The molecule has 1 aliphatic rings. The van der Waals surface area contributed by atoms with Gasteiger partial charge in [0.2, 0.25) is 5.91 Å². The Morgan fingerprint density at radius 1 is 1.24 bits per heavy atom. The third-order valence-electron chi connectivity index (χ3n) is 4.35. The molecule has 25 heavy (non-hydrogen) atoms. The molecule has 0 saturated heterocycles. The van der Waals surface area contributed by atoms with E-state index in [0.717, 1.165) is 42.3 Å². The number of carbonyl (C=O) groups excluding carboxylic acids is 2. The molecule has 1 amide bonds. The third kappa shape index (κ3) is 4.53. The Balaban J connectivity index is 1.56. The van der Waals surface area contributed by atoms with Gasteiger partial charge in [0.05, 0.1) is 6.61 Å². The molecule has 0 aliphatic heterocycles. The lowest BCUT2D eigenvalue weighted by atomic mass is 10.1. The number of carbonyl (C=O) groups is 2. The van der Waals surface area contributed by atoms with Crippen LogP contribution in [0.2, 0.25) is 0 Å². The van der Waals surface area contributed by atoms with E-state index in [0.29, 0.717) is 13.0 Å². The van der Waals surface area contributed by atoms with E-state index < -0.39 is 0 Å². The van der Waals surface area contributed by atoms with Crippen molar-refractivity contribution in [2.45, 2.75) is 45.1 Å². The van der Waals surface area contributed by atoms with Crippen LogP contribution in [0.25, 0.3) is 11.0 Å². The topological polar surface area (TPSA) is 72.4 Å². The third-order valence-corrected chi connectivity index (χ3v) is 4.35. The number of hydrogen-bond acceptors (Lipinski definition) is 5. The number of aryl methyl sites for hydroxylation is 1. The number of hydrogen-bond donors (Lipinski definition) is 0. The molecule has 2 aromatic heterocycles. The molecular formula is C19H23N3O3. The second-order valence-corrected chi connectivity index (χ2v) is 6.26. The summed E-state index contributed by atoms with van der Waals surface area (Å²) in [4.78, 5) is 34.4. The van der Waals surface area contributed by atoms with Crippen molar-refractivity contribution in [1.29, 1.82) is 0 Å². The van der Waals surface area contributed by atoms with E-state index in [4.69, 9.17) is 4.74 Å². The van der Waals surface area contributed by atoms with Crippen LogP contribution in [0.3, 0.4) is 0 Å². The zero-order valence-corrected chi connectivity index (χ0v) is 14.5. The van der Waals surface area contributed by atoms with Gasteiger partial charge in [-0.2, -0.15) is 0 Å². The number of ether oxygens (including phenoxy) is 1. The molecule has 6 heteroatoms. The molecule has 3 rings (SSSR count). The predicted molar refractivity (Wildman–Crippen MR) is 93.8 cm³/mol. The molecule has 2 aromatic rings. The van der Waals surface area contributed by atoms with Crippen molar-refractivity contribution in [3.8, 4) is 0 Å². The number of amides is 1. The van der Waals surface area contributed by atoms with E-state index in [-0.39, 0.29) is 24.5 Å². The van der Waals surface area contributed by atoms with E-state index in [2.05, 4.69) is 9.97 Å². The van der Waals surface area contributed by atoms with Crippen molar-refractivity contribution in [3.05, 3.63) is 36.2 Å². The first-order chi connectivity index (χ1) is 12.2. The van der Waals surface area contributed by atoms with E-state index in [1.807, 2.05) is 18.2 Å². The average Bonchev–Trinajstić information content (AvgIpc) is 3.45. The monoisotopic (exact) mass is 341 g/mol. The van der Waals surface area contributed by atoms with E-state index >= 15 is 0 Å². The summed E-state index contributed by atoms with van der Waals surface area (Å²) < 4.78 is 4.98. The smallest absolute Gasteiger partial charge is 0.325 e. The van der Waals surface area contributed by atoms with Crippen LogP contribution in [0, 0.1) is 0 Å². The molecule has 0 atom stereocenters. The Labute approximate surface area is 147 Å². The Morgan fingerprint density at radius 3 is 2.80 bits per heavy atom. The summed E-state index contributed by atoms with van der Waals surface area (Å²) in [7, 11) is 0. The molecule has 0 unspecified atom stereocenters. The summed E-state index contributed by atoms with van der Waals surface area (Å²) in [6, 6.07) is 6.09. The first-order valence-electron chi connectivity index (χ1n) is 8.82. The fraction of sp³-hybridized carbons (Fsp3) is 0.474. The van der Waals surface area contributed by atoms with Crippen LogP contribution in [0.5, 0.6) is 0 Å². The molecular weight excluding hydrogens is 318 g/mol. The molecule has 0 aromatic carbocycles. The SMILES string of the molecule is CCOC(=O)CN(C(=O)CCCc1ccnc2ncccc12)C1CC1. The average molecular weight is 341 g/mol. The first-order valence-corrected chi connectivity index (χ1v) is 8.82. The van der Waals surface area contributed by atoms with Crippen molar-refractivity contribution in [3.63, 3.8) is 0 Å². The number of fused-ring (bicyclic) bond motifs is 1. The summed E-state index contributed by atoms with van der Waals surface area (Å²) >= 11 is 0. The number of pyridine rings is 2. The molecule has 6 nitrogen and oxygen atoms in total. The maximum absolute atomic E-state index is 12.5. The van der Waals surface area contributed by atoms with Crippen molar-refractivity contribution in [2.75, 3.05) is 13.2 Å². The molecule has 0 bridgehead atoms. The van der Waals surface area contributed by atoms with Crippen LogP contribution in [-0.2, 0) is 20.7 Å². The second kappa shape index (κ2) is 8.05. The maximum Gasteiger partial charge on any atom is 0.325 e. The van der Waals surface area contributed by atoms with Gasteiger partial charge >= 0.3 is 5.97 Å². The van der Waals surface area contributed by atoms with Crippen molar-refractivity contribution in [2.24, 2.45) is 0 Å². The Bertz CT molecular complexity index is 753. The minimum absolute atomic E-state index is 0.0343. The van der Waals surface area contributed by atoms with Crippen LogP contribution < -0.4 is 0 Å². The lowest BCUT2D eigenvalue weighted by Crippen LogP contribution is -2.38. The van der Waals surface area contributed by atoms with Gasteiger partial charge in [0, 0.05) is 30.2 Å². The summed E-state index contributed by atoms with van der Waals surface area (Å²) in [5.41, 5.74) is 1.88. The van der Waals surface area contributed by atoms with Gasteiger partial charge in [-0.25, -0.2) is 9.97 Å². The predicted octanol–water partition coefficient (Wildman–Crippen LogP) is 2.51. The minimum atomic E-state index is -0.325. The highest BCUT2D eigenvalue weighted by atomic mass is 16.5. The van der Waals surface area contributed by atoms with Gasteiger partial charge in [-0.3, -0.25) is 9.59 Å². The quantitative estimate of drug-likeness (QED) is 0.690.